The molecule has 0 saturated carbocycles. The standard InChI is InChI=1S/C18H26N2O4/c1-13(2)6-9-24-15-5-3-4-14(10-15)12-20-8-7-19-18(23)16(20)11-17(21)22/h3-5,10,13,16H,6-9,11-12H2,1-2H3,(H,19,23)(H,21,22). The van der Waals surface area contributed by atoms with E-state index in [1.165, 1.54) is 0 Å². The summed E-state index contributed by atoms with van der Waals surface area (Å²) in [6.07, 6.45) is 0.813. The van der Waals surface area contributed by atoms with Gasteiger partial charge in [-0.3, -0.25) is 14.5 Å². The van der Waals surface area contributed by atoms with Crippen LogP contribution in [0.25, 0.3) is 0 Å². The lowest BCUT2D eigenvalue weighted by atomic mass is 10.1. The van der Waals surface area contributed by atoms with Gasteiger partial charge in [0.05, 0.1) is 13.0 Å². The van der Waals surface area contributed by atoms with Crippen LogP contribution < -0.4 is 10.1 Å². The Hall–Kier alpha value is -2.08. The average molecular weight is 334 g/mol. The first-order valence-corrected chi connectivity index (χ1v) is 8.41. The quantitative estimate of drug-likeness (QED) is 0.759. The normalized spacial score (nSPS) is 18.5. The first kappa shape index (κ1) is 18.3. The van der Waals surface area contributed by atoms with Crippen LogP contribution in [-0.4, -0.2) is 47.6 Å². The van der Waals surface area contributed by atoms with Crippen molar-refractivity contribution >= 4 is 11.9 Å². The summed E-state index contributed by atoms with van der Waals surface area (Å²) in [6, 6.07) is 7.16. The van der Waals surface area contributed by atoms with Gasteiger partial charge >= 0.3 is 5.97 Å². The summed E-state index contributed by atoms with van der Waals surface area (Å²) in [5.74, 6) is 0.224. The summed E-state index contributed by atoms with van der Waals surface area (Å²) in [6.45, 7) is 6.71. The smallest absolute Gasteiger partial charge is 0.305 e. The van der Waals surface area contributed by atoms with Gasteiger partial charge in [-0.15, -0.1) is 0 Å². The van der Waals surface area contributed by atoms with E-state index in [9.17, 15) is 9.59 Å². The first-order valence-electron chi connectivity index (χ1n) is 8.41. The molecule has 1 aromatic rings. The van der Waals surface area contributed by atoms with Crippen LogP contribution >= 0.6 is 0 Å². The van der Waals surface area contributed by atoms with E-state index in [0.717, 1.165) is 17.7 Å². The summed E-state index contributed by atoms with van der Waals surface area (Å²) in [5.41, 5.74) is 1.02. The molecule has 1 aliphatic rings. The second-order valence-corrected chi connectivity index (χ2v) is 6.55. The minimum Gasteiger partial charge on any atom is -0.494 e. The van der Waals surface area contributed by atoms with Gasteiger partial charge in [-0.2, -0.15) is 0 Å². The third-order valence-corrected chi connectivity index (χ3v) is 4.06. The number of aliphatic carboxylic acids is 1. The zero-order chi connectivity index (χ0) is 17.5. The molecule has 0 bridgehead atoms. The van der Waals surface area contributed by atoms with Gasteiger partial charge in [-0.05, 0) is 30.0 Å². The van der Waals surface area contributed by atoms with E-state index < -0.39 is 12.0 Å². The van der Waals surface area contributed by atoms with Crippen molar-refractivity contribution in [1.29, 1.82) is 0 Å². The molecule has 6 nitrogen and oxygen atoms in total. The maximum atomic E-state index is 12.0. The van der Waals surface area contributed by atoms with E-state index in [2.05, 4.69) is 19.2 Å². The lowest BCUT2D eigenvalue weighted by Gasteiger charge is -2.34. The third-order valence-electron chi connectivity index (χ3n) is 4.06. The Bertz CT molecular complexity index is 574. The number of ether oxygens (including phenoxy) is 1. The van der Waals surface area contributed by atoms with Crippen molar-refractivity contribution in [2.45, 2.75) is 39.3 Å². The number of carbonyl (C=O) groups is 2. The monoisotopic (exact) mass is 334 g/mol. The van der Waals surface area contributed by atoms with E-state index in [1.54, 1.807) is 0 Å². The van der Waals surface area contributed by atoms with Crippen LogP contribution in [0.15, 0.2) is 24.3 Å². The number of benzene rings is 1. The second-order valence-electron chi connectivity index (χ2n) is 6.55. The van der Waals surface area contributed by atoms with E-state index in [-0.39, 0.29) is 12.3 Å². The van der Waals surface area contributed by atoms with Crippen LogP contribution in [0.5, 0.6) is 5.75 Å². The fraction of sp³-hybridized carbons (Fsp3) is 0.556. The van der Waals surface area contributed by atoms with Gasteiger partial charge in [0, 0.05) is 19.6 Å². The highest BCUT2D eigenvalue weighted by Crippen LogP contribution is 2.18. The average Bonchev–Trinajstić information content (AvgIpc) is 2.50. The number of amides is 1. The Morgan fingerprint density at radius 3 is 2.96 bits per heavy atom. The van der Waals surface area contributed by atoms with E-state index in [4.69, 9.17) is 9.84 Å². The topological polar surface area (TPSA) is 78.9 Å². The zero-order valence-electron chi connectivity index (χ0n) is 14.3. The van der Waals surface area contributed by atoms with Crippen molar-refractivity contribution in [2.24, 2.45) is 5.92 Å². The maximum Gasteiger partial charge on any atom is 0.305 e. The van der Waals surface area contributed by atoms with Gasteiger partial charge in [0.1, 0.15) is 11.8 Å². The van der Waals surface area contributed by atoms with Gasteiger partial charge in [0.2, 0.25) is 5.91 Å². The second kappa shape index (κ2) is 8.68. The summed E-state index contributed by atoms with van der Waals surface area (Å²) < 4.78 is 5.77. The Morgan fingerprint density at radius 2 is 2.25 bits per heavy atom. The fourth-order valence-electron chi connectivity index (χ4n) is 2.72. The molecule has 6 heteroatoms. The summed E-state index contributed by atoms with van der Waals surface area (Å²) in [4.78, 5) is 24.9. The van der Waals surface area contributed by atoms with Gasteiger partial charge in [-0.1, -0.05) is 26.0 Å². The number of nitrogens with one attached hydrogen (secondary N) is 1. The predicted octanol–water partition coefficient (Wildman–Crippen LogP) is 1.89. The Balaban J connectivity index is 2.00. The van der Waals surface area contributed by atoms with E-state index in [1.807, 2.05) is 29.2 Å². The summed E-state index contributed by atoms with van der Waals surface area (Å²) in [7, 11) is 0. The van der Waals surface area contributed by atoms with Gasteiger partial charge in [0.15, 0.2) is 0 Å². The largest absolute Gasteiger partial charge is 0.494 e. The van der Waals surface area contributed by atoms with E-state index >= 15 is 0 Å². The van der Waals surface area contributed by atoms with Gasteiger partial charge in [0.25, 0.3) is 0 Å². The first-order chi connectivity index (χ1) is 11.5. The molecule has 1 saturated heterocycles. The molecule has 1 fully saturated rings. The molecule has 2 N–H and O–H groups in total. The van der Waals surface area contributed by atoms with Gasteiger partial charge in [-0.25, -0.2) is 0 Å². The molecule has 24 heavy (non-hydrogen) atoms. The molecule has 1 unspecified atom stereocenters. The van der Waals surface area contributed by atoms with Crippen LogP contribution in [0.3, 0.4) is 0 Å². The maximum absolute atomic E-state index is 12.0. The molecule has 0 aromatic heterocycles. The number of carboxylic acid groups (broad SMARTS) is 1. The van der Waals surface area contributed by atoms with Crippen molar-refractivity contribution in [3.63, 3.8) is 0 Å². The minimum absolute atomic E-state index is 0.184. The zero-order valence-corrected chi connectivity index (χ0v) is 14.3. The molecular formula is C18H26N2O4. The van der Waals surface area contributed by atoms with Crippen LogP contribution in [-0.2, 0) is 16.1 Å². The van der Waals surface area contributed by atoms with Crippen LogP contribution in [0.4, 0.5) is 0 Å². The molecule has 1 heterocycles. The molecule has 2 rings (SSSR count). The minimum atomic E-state index is -0.965. The lowest BCUT2D eigenvalue weighted by molar-refractivity contribution is -0.143. The predicted molar refractivity (Wildman–Crippen MR) is 90.9 cm³/mol. The highest BCUT2D eigenvalue weighted by atomic mass is 16.5. The molecule has 0 spiro atoms. The molecule has 1 atom stereocenters. The van der Waals surface area contributed by atoms with Crippen LogP contribution in [0.2, 0.25) is 0 Å². The third kappa shape index (κ3) is 5.53. The molecular weight excluding hydrogens is 308 g/mol. The number of carbonyl (C=O) groups excluding carboxylic acids is 1. The number of hydrogen-bond donors (Lipinski definition) is 2. The Labute approximate surface area is 142 Å². The molecule has 132 valence electrons. The van der Waals surface area contributed by atoms with E-state index in [0.29, 0.717) is 32.2 Å². The number of carboxylic acids is 1. The lowest BCUT2D eigenvalue weighted by Crippen LogP contribution is -2.55. The van der Waals surface area contributed by atoms with Crippen molar-refractivity contribution in [3.8, 4) is 5.75 Å². The Morgan fingerprint density at radius 1 is 1.46 bits per heavy atom. The molecule has 1 amide bonds. The van der Waals surface area contributed by atoms with Crippen LogP contribution in [0.1, 0.15) is 32.3 Å². The highest BCUT2D eigenvalue weighted by molar-refractivity contribution is 5.86. The summed E-state index contributed by atoms with van der Waals surface area (Å²) >= 11 is 0. The van der Waals surface area contributed by atoms with Crippen molar-refractivity contribution in [3.05, 3.63) is 29.8 Å². The number of piperazine rings is 1. The number of rotatable bonds is 8. The van der Waals surface area contributed by atoms with Crippen molar-refractivity contribution < 1.29 is 19.4 Å². The van der Waals surface area contributed by atoms with Crippen molar-refractivity contribution in [2.75, 3.05) is 19.7 Å². The number of hydrogen-bond acceptors (Lipinski definition) is 4. The molecule has 1 aliphatic heterocycles. The molecule has 1 aromatic carbocycles. The molecule has 0 radical (unpaired) electrons. The molecule has 0 aliphatic carbocycles. The van der Waals surface area contributed by atoms with Crippen LogP contribution in [0, 0.1) is 5.92 Å². The Kier molecular flexibility index (Phi) is 6.61. The number of nitrogens with zero attached hydrogens (tertiary/aromatic N) is 1. The SMILES string of the molecule is CC(C)CCOc1cccc(CN2CCNC(=O)C2CC(=O)O)c1. The highest BCUT2D eigenvalue weighted by Gasteiger charge is 2.31. The van der Waals surface area contributed by atoms with Gasteiger partial charge < -0.3 is 15.2 Å². The summed E-state index contributed by atoms with van der Waals surface area (Å²) in [5, 5.41) is 11.8. The fourth-order valence-corrected chi connectivity index (χ4v) is 2.72. The van der Waals surface area contributed by atoms with Crippen molar-refractivity contribution in [1.82, 2.24) is 10.2 Å².